The van der Waals surface area contributed by atoms with Crippen LogP contribution in [0.2, 0.25) is 0 Å². The van der Waals surface area contributed by atoms with Gasteiger partial charge in [0, 0.05) is 7.11 Å². The molecule has 0 aromatic carbocycles. The van der Waals surface area contributed by atoms with E-state index in [0.29, 0.717) is 23.9 Å². The SMILES string of the molecule is CC[C@@]1(O)CC[C@H]2[C@H](CC[C@@H]3[C@@H]2CC[C@@]2(C)[C@H]3[C@@H]3C[C@@H]3[C@@H]2[C@H](C)[C@H](O)COC)C1. The van der Waals surface area contributed by atoms with Crippen LogP contribution < -0.4 is 0 Å². The predicted molar refractivity (Wildman–Crippen MR) is 115 cm³/mol. The maximum absolute atomic E-state index is 10.9. The van der Waals surface area contributed by atoms with Gasteiger partial charge in [-0.15, -0.1) is 0 Å². The van der Waals surface area contributed by atoms with Crippen LogP contribution in [0.25, 0.3) is 0 Å². The largest absolute Gasteiger partial charge is 0.390 e. The number of fused-ring (bicyclic) bond motifs is 7. The minimum atomic E-state index is -0.371. The Hall–Kier alpha value is -0.120. The molecule has 166 valence electrons. The van der Waals surface area contributed by atoms with Gasteiger partial charge in [-0.05, 0) is 116 Å². The lowest BCUT2D eigenvalue weighted by Gasteiger charge is -2.58. The van der Waals surface area contributed by atoms with Crippen molar-refractivity contribution >= 4 is 0 Å². The lowest BCUT2D eigenvalue weighted by Crippen LogP contribution is -2.53. The molecule has 0 heterocycles. The molecule has 12 atom stereocenters. The quantitative estimate of drug-likeness (QED) is 0.685. The first kappa shape index (κ1) is 20.8. The predicted octanol–water partition coefficient (Wildman–Crippen LogP) is 4.90. The van der Waals surface area contributed by atoms with E-state index in [1.165, 1.54) is 38.5 Å². The Bertz CT molecular complexity index is 621. The van der Waals surface area contributed by atoms with Gasteiger partial charge in [0.25, 0.3) is 0 Å². The third-order valence-electron chi connectivity index (χ3n) is 11.1. The van der Waals surface area contributed by atoms with Gasteiger partial charge in [-0.3, -0.25) is 0 Å². The highest BCUT2D eigenvalue weighted by atomic mass is 16.5. The zero-order chi connectivity index (χ0) is 20.6. The molecule has 0 aromatic heterocycles. The smallest absolute Gasteiger partial charge is 0.0801 e. The summed E-state index contributed by atoms with van der Waals surface area (Å²) >= 11 is 0. The summed E-state index contributed by atoms with van der Waals surface area (Å²) in [4.78, 5) is 0. The Morgan fingerprint density at radius 3 is 2.48 bits per heavy atom. The Kier molecular flexibility index (Phi) is 5.16. The summed E-state index contributed by atoms with van der Waals surface area (Å²) in [6.07, 6.45) is 10.9. The van der Waals surface area contributed by atoms with Crippen LogP contribution in [0.15, 0.2) is 0 Å². The first-order valence-electron chi connectivity index (χ1n) is 12.7. The molecule has 5 fully saturated rings. The summed E-state index contributed by atoms with van der Waals surface area (Å²) in [7, 11) is 1.71. The molecule has 5 aliphatic rings. The maximum atomic E-state index is 10.9. The second kappa shape index (κ2) is 7.20. The Morgan fingerprint density at radius 2 is 1.76 bits per heavy atom. The molecule has 0 bridgehead atoms. The normalized spacial score (nSPS) is 55.2. The average Bonchev–Trinajstić information content (AvgIpc) is 3.41. The summed E-state index contributed by atoms with van der Waals surface area (Å²) in [5, 5.41) is 21.6. The Labute approximate surface area is 178 Å². The second-order valence-electron chi connectivity index (χ2n) is 12.2. The lowest BCUT2D eigenvalue weighted by molar-refractivity contribution is -0.121. The molecule has 5 aliphatic carbocycles. The van der Waals surface area contributed by atoms with Crippen LogP contribution in [-0.4, -0.2) is 35.6 Å². The van der Waals surface area contributed by atoms with Gasteiger partial charge < -0.3 is 14.9 Å². The number of methoxy groups -OCH3 is 1. The molecule has 5 saturated carbocycles. The summed E-state index contributed by atoms with van der Waals surface area (Å²) in [6, 6.07) is 0. The highest BCUT2D eigenvalue weighted by Gasteiger charge is 2.70. The third-order valence-corrected chi connectivity index (χ3v) is 11.1. The molecule has 0 spiro atoms. The molecular weight excluding hydrogens is 360 g/mol. The van der Waals surface area contributed by atoms with Crippen molar-refractivity contribution < 1.29 is 14.9 Å². The van der Waals surface area contributed by atoms with Crippen molar-refractivity contribution in [2.45, 2.75) is 90.3 Å². The van der Waals surface area contributed by atoms with Gasteiger partial charge in [0.15, 0.2) is 0 Å². The van der Waals surface area contributed by atoms with Crippen LogP contribution in [0.4, 0.5) is 0 Å². The molecule has 0 aliphatic heterocycles. The fourth-order valence-electron chi connectivity index (χ4n) is 9.86. The monoisotopic (exact) mass is 404 g/mol. The van der Waals surface area contributed by atoms with E-state index in [2.05, 4.69) is 20.8 Å². The highest BCUT2D eigenvalue weighted by Crippen LogP contribution is 2.76. The molecular formula is C26H44O3. The Morgan fingerprint density at radius 1 is 1.00 bits per heavy atom. The Balaban J connectivity index is 1.35. The fourth-order valence-corrected chi connectivity index (χ4v) is 9.86. The second-order valence-corrected chi connectivity index (χ2v) is 12.2. The fraction of sp³-hybridized carbons (Fsp3) is 1.00. The summed E-state index contributed by atoms with van der Waals surface area (Å²) < 4.78 is 5.30. The summed E-state index contributed by atoms with van der Waals surface area (Å²) in [5.41, 5.74) is 0.0543. The van der Waals surface area contributed by atoms with Crippen molar-refractivity contribution in [3.8, 4) is 0 Å². The van der Waals surface area contributed by atoms with Gasteiger partial charge in [-0.2, -0.15) is 0 Å². The van der Waals surface area contributed by atoms with Crippen molar-refractivity contribution in [1.82, 2.24) is 0 Å². The molecule has 0 saturated heterocycles. The van der Waals surface area contributed by atoms with Crippen molar-refractivity contribution in [2.24, 2.45) is 58.7 Å². The van der Waals surface area contributed by atoms with E-state index in [4.69, 9.17) is 4.74 Å². The highest BCUT2D eigenvalue weighted by molar-refractivity contribution is 5.18. The van der Waals surface area contributed by atoms with E-state index in [-0.39, 0.29) is 11.7 Å². The van der Waals surface area contributed by atoms with Crippen molar-refractivity contribution in [2.75, 3.05) is 13.7 Å². The molecule has 0 amide bonds. The van der Waals surface area contributed by atoms with Crippen molar-refractivity contribution in [1.29, 1.82) is 0 Å². The van der Waals surface area contributed by atoms with E-state index in [9.17, 15) is 10.2 Å². The van der Waals surface area contributed by atoms with Gasteiger partial charge >= 0.3 is 0 Å². The molecule has 29 heavy (non-hydrogen) atoms. The first-order chi connectivity index (χ1) is 13.8. The molecule has 5 rings (SSSR count). The van der Waals surface area contributed by atoms with Crippen LogP contribution in [0.5, 0.6) is 0 Å². The minimum absolute atomic E-state index is 0.319. The summed E-state index contributed by atoms with van der Waals surface area (Å²) in [6.45, 7) is 7.55. The van der Waals surface area contributed by atoms with Crippen molar-refractivity contribution in [3.05, 3.63) is 0 Å². The third kappa shape index (κ3) is 3.08. The average molecular weight is 405 g/mol. The van der Waals surface area contributed by atoms with Crippen LogP contribution in [0.1, 0.15) is 78.6 Å². The minimum Gasteiger partial charge on any atom is -0.390 e. The summed E-state index contributed by atoms with van der Waals surface area (Å²) in [5.74, 6) is 7.18. The lowest BCUT2D eigenvalue weighted by atomic mass is 9.47. The topological polar surface area (TPSA) is 49.7 Å². The first-order valence-corrected chi connectivity index (χ1v) is 12.7. The van der Waals surface area contributed by atoms with Crippen LogP contribution in [0, 0.1) is 58.7 Å². The van der Waals surface area contributed by atoms with Gasteiger partial charge in [0.05, 0.1) is 18.3 Å². The van der Waals surface area contributed by atoms with E-state index < -0.39 is 0 Å². The van der Waals surface area contributed by atoms with Gasteiger partial charge in [0.2, 0.25) is 0 Å². The zero-order valence-electron chi connectivity index (χ0n) is 19.1. The number of aliphatic hydroxyl groups excluding tert-OH is 1. The van der Waals surface area contributed by atoms with Crippen LogP contribution in [0.3, 0.4) is 0 Å². The molecule has 0 unspecified atom stereocenters. The number of aliphatic hydroxyl groups is 2. The van der Waals surface area contributed by atoms with Crippen LogP contribution in [-0.2, 0) is 4.74 Å². The molecule has 0 radical (unpaired) electrons. The number of hydrogen-bond acceptors (Lipinski definition) is 3. The standard InChI is InChI=1S/C26H44O3/c1-5-26(28)11-9-17-16(13-26)6-7-19-18(17)8-10-25(3)23(15(2)22(27)14-29-4)20-12-21(20)24(19)25/h15-24,27-28H,5-14H2,1-4H3/t15-,16-,17+,18-,19-,20+,21-,22-,23+,24-,25-,26-/m1/s1. The number of hydrogen-bond donors (Lipinski definition) is 2. The molecule has 0 aromatic rings. The number of rotatable bonds is 5. The molecule has 3 heteroatoms. The van der Waals surface area contributed by atoms with E-state index in [1.54, 1.807) is 7.11 Å². The maximum Gasteiger partial charge on any atom is 0.0801 e. The van der Waals surface area contributed by atoms with Gasteiger partial charge in [-0.25, -0.2) is 0 Å². The van der Waals surface area contributed by atoms with Crippen LogP contribution >= 0.6 is 0 Å². The van der Waals surface area contributed by atoms with E-state index >= 15 is 0 Å². The number of ether oxygens (including phenoxy) is 1. The van der Waals surface area contributed by atoms with E-state index in [1.807, 2.05) is 0 Å². The van der Waals surface area contributed by atoms with Crippen molar-refractivity contribution in [3.63, 3.8) is 0 Å². The zero-order valence-corrected chi connectivity index (χ0v) is 19.1. The van der Waals surface area contributed by atoms with E-state index in [0.717, 1.165) is 60.7 Å². The van der Waals surface area contributed by atoms with Gasteiger partial charge in [0.1, 0.15) is 0 Å². The van der Waals surface area contributed by atoms with Gasteiger partial charge in [-0.1, -0.05) is 20.8 Å². The molecule has 3 nitrogen and oxygen atoms in total. The molecule has 2 N–H and O–H groups in total.